The van der Waals surface area contributed by atoms with Gasteiger partial charge in [0.05, 0.1) is 18.3 Å². The van der Waals surface area contributed by atoms with Crippen molar-refractivity contribution in [3.05, 3.63) is 58.6 Å². The van der Waals surface area contributed by atoms with Crippen molar-refractivity contribution in [2.24, 2.45) is 0 Å². The summed E-state index contributed by atoms with van der Waals surface area (Å²) in [5, 5.41) is 6.40. The average molecular weight is 463 g/mol. The quantitative estimate of drug-likeness (QED) is 0.334. The molecular formula is C26H30N4O2S. The summed E-state index contributed by atoms with van der Waals surface area (Å²) in [6, 6.07) is 14.1. The van der Waals surface area contributed by atoms with Crippen LogP contribution in [-0.4, -0.2) is 46.3 Å². The van der Waals surface area contributed by atoms with Gasteiger partial charge in [-0.05, 0) is 43.5 Å². The Bertz CT molecular complexity index is 1310. The van der Waals surface area contributed by atoms with Gasteiger partial charge in [0.1, 0.15) is 5.75 Å². The predicted molar refractivity (Wildman–Crippen MR) is 135 cm³/mol. The van der Waals surface area contributed by atoms with Gasteiger partial charge in [0.15, 0.2) is 5.69 Å². The Kier molecular flexibility index (Phi) is 6.51. The summed E-state index contributed by atoms with van der Waals surface area (Å²) in [7, 11) is 3.49. The molecule has 0 spiro atoms. The molecule has 0 bridgehead atoms. The Labute approximate surface area is 198 Å². The number of rotatable bonds is 7. The molecule has 2 aromatic heterocycles. The zero-order chi connectivity index (χ0) is 23.7. The molecule has 0 atom stereocenters. The fraction of sp³-hybridized carbons (Fsp3) is 0.346. The highest BCUT2D eigenvalue weighted by atomic mass is 32.1. The second kappa shape index (κ2) is 9.35. The number of aromatic nitrogens is 3. The van der Waals surface area contributed by atoms with Crippen LogP contribution in [0.3, 0.4) is 0 Å². The molecular weight excluding hydrogens is 432 g/mol. The SMILES string of the molecule is CCCN(C)C(=O)c1nn(-c2nc(-c3cccc(OC)c3)c(C(C)C)s2)c2ccc(C)cc12. The first kappa shape index (κ1) is 23.0. The standard InChI is InChI=1S/C26H30N4O2S/c1-7-13-29(5)25(31)23-20-14-17(4)11-12-21(20)30(28-23)26-27-22(24(33-26)16(2)3)18-9-8-10-19(15-18)32-6/h8-12,14-16H,7,13H2,1-6H3. The van der Waals surface area contributed by atoms with E-state index in [1.54, 1.807) is 23.3 Å². The maximum atomic E-state index is 13.2. The van der Waals surface area contributed by atoms with Crippen molar-refractivity contribution >= 4 is 28.1 Å². The third kappa shape index (κ3) is 4.37. The summed E-state index contributed by atoms with van der Waals surface area (Å²) in [4.78, 5) is 21.1. The van der Waals surface area contributed by atoms with Crippen molar-refractivity contribution in [1.29, 1.82) is 0 Å². The summed E-state index contributed by atoms with van der Waals surface area (Å²) in [6.45, 7) is 9.11. The summed E-state index contributed by atoms with van der Waals surface area (Å²) in [5.41, 5.74) is 4.37. The number of fused-ring (bicyclic) bond motifs is 1. The van der Waals surface area contributed by atoms with Gasteiger partial charge in [-0.15, -0.1) is 0 Å². The fourth-order valence-electron chi connectivity index (χ4n) is 3.93. The molecule has 4 aromatic rings. The smallest absolute Gasteiger partial charge is 0.274 e. The van der Waals surface area contributed by atoms with E-state index in [1.165, 1.54) is 4.88 Å². The average Bonchev–Trinajstić information content (AvgIpc) is 3.40. The molecule has 0 aliphatic carbocycles. The van der Waals surface area contributed by atoms with Crippen LogP contribution in [0.2, 0.25) is 0 Å². The van der Waals surface area contributed by atoms with Crippen LogP contribution in [-0.2, 0) is 0 Å². The molecule has 4 rings (SSSR count). The number of methoxy groups -OCH3 is 1. The Morgan fingerprint density at radius 2 is 2.00 bits per heavy atom. The molecule has 0 N–H and O–H groups in total. The van der Waals surface area contributed by atoms with Crippen LogP contribution in [0.15, 0.2) is 42.5 Å². The lowest BCUT2D eigenvalue weighted by atomic mass is 10.1. The number of hydrogen-bond donors (Lipinski definition) is 0. The van der Waals surface area contributed by atoms with Crippen molar-refractivity contribution in [3.8, 4) is 22.1 Å². The molecule has 1 amide bonds. The van der Waals surface area contributed by atoms with E-state index in [1.807, 2.05) is 61.1 Å². The van der Waals surface area contributed by atoms with E-state index in [2.05, 4.69) is 20.8 Å². The number of benzene rings is 2. The van der Waals surface area contributed by atoms with E-state index in [0.717, 1.165) is 45.0 Å². The van der Waals surface area contributed by atoms with E-state index in [-0.39, 0.29) is 5.91 Å². The third-order valence-corrected chi connectivity index (χ3v) is 6.97. The topological polar surface area (TPSA) is 60.2 Å². The zero-order valence-electron chi connectivity index (χ0n) is 20.0. The molecule has 0 saturated carbocycles. The Morgan fingerprint density at radius 3 is 2.70 bits per heavy atom. The minimum absolute atomic E-state index is 0.0696. The Morgan fingerprint density at radius 1 is 1.21 bits per heavy atom. The number of amides is 1. The van der Waals surface area contributed by atoms with E-state index in [9.17, 15) is 4.79 Å². The van der Waals surface area contributed by atoms with Crippen LogP contribution >= 0.6 is 11.3 Å². The normalized spacial score (nSPS) is 11.4. The first-order valence-electron chi connectivity index (χ1n) is 11.2. The third-order valence-electron chi connectivity index (χ3n) is 5.63. The van der Waals surface area contributed by atoms with Gasteiger partial charge in [-0.25, -0.2) is 9.67 Å². The van der Waals surface area contributed by atoms with E-state index < -0.39 is 0 Å². The van der Waals surface area contributed by atoms with Gasteiger partial charge >= 0.3 is 0 Å². The molecule has 0 unspecified atom stereocenters. The molecule has 6 nitrogen and oxygen atoms in total. The van der Waals surface area contributed by atoms with Crippen LogP contribution in [0, 0.1) is 6.92 Å². The molecule has 0 aliphatic heterocycles. The van der Waals surface area contributed by atoms with E-state index in [4.69, 9.17) is 14.8 Å². The highest BCUT2D eigenvalue weighted by Crippen LogP contribution is 2.37. The van der Waals surface area contributed by atoms with Gasteiger partial charge in [0.2, 0.25) is 5.13 Å². The highest BCUT2D eigenvalue weighted by Gasteiger charge is 2.24. The lowest BCUT2D eigenvalue weighted by Crippen LogP contribution is -2.28. The first-order valence-corrected chi connectivity index (χ1v) is 12.1. The van der Waals surface area contributed by atoms with Gasteiger partial charge in [0, 0.05) is 29.4 Å². The minimum Gasteiger partial charge on any atom is -0.497 e. The molecule has 0 radical (unpaired) electrons. The molecule has 172 valence electrons. The molecule has 2 heterocycles. The molecule has 2 aromatic carbocycles. The van der Waals surface area contributed by atoms with E-state index in [0.29, 0.717) is 18.2 Å². The van der Waals surface area contributed by atoms with E-state index >= 15 is 0 Å². The maximum Gasteiger partial charge on any atom is 0.274 e. The molecule has 0 aliphatic rings. The second-order valence-corrected chi connectivity index (χ2v) is 9.61. The van der Waals surface area contributed by atoms with Crippen molar-refractivity contribution in [1.82, 2.24) is 19.7 Å². The largest absolute Gasteiger partial charge is 0.497 e. The predicted octanol–water partition coefficient (Wildman–Crippen LogP) is 6.07. The lowest BCUT2D eigenvalue weighted by molar-refractivity contribution is 0.0790. The second-order valence-electron chi connectivity index (χ2n) is 8.60. The number of nitrogens with zero attached hydrogens (tertiary/aromatic N) is 4. The summed E-state index contributed by atoms with van der Waals surface area (Å²) in [5.74, 6) is 1.02. The molecule has 0 fully saturated rings. The molecule has 0 saturated heterocycles. The van der Waals surface area contributed by atoms with Crippen LogP contribution in [0.25, 0.3) is 27.3 Å². The minimum atomic E-state index is -0.0696. The number of thiazole rings is 1. The van der Waals surface area contributed by atoms with Gasteiger partial charge in [-0.1, -0.05) is 55.9 Å². The van der Waals surface area contributed by atoms with Crippen LogP contribution in [0.1, 0.15) is 54.0 Å². The summed E-state index contributed by atoms with van der Waals surface area (Å²) >= 11 is 1.62. The van der Waals surface area contributed by atoms with Crippen molar-refractivity contribution in [2.45, 2.75) is 40.0 Å². The van der Waals surface area contributed by atoms with Gasteiger partial charge < -0.3 is 9.64 Å². The van der Waals surface area contributed by atoms with Gasteiger partial charge in [0.25, 0.3) is 5.91 Å². The van der Waals surface area contributed by atoms with Gasteiger partial charge in [-0.3, -0.25) is 4.79 Å². The number of carbonyl (C=O) groups excluding carboxylic acids is 1. The Hall–Kier alpha value is -3.19. The van der Waals surface area contributed by atoms with Crippen molar-refractivity contribution in [2.75, 3.05) is 20.7 Å². The lowest BCUT2D eigenvalue weighted by Gasteiger charge is -2.14. The van der Waals surface area contributed by atoms with Gasteiger partial charge in [-0.2, -0.15) is 5.10 Å². The van der Waals surface area contributed by atoms with Crippen molar-refractivity contribution < 1.29 is 9.53 Å². The zero-order valence-corrected chi connectivity index (χ0v) is 20.9. The molecule has 33 heavy (non-hydrogen) atoms. The fourth-order valence-corrected chi connectivity index (χ4v) is 4.99. The number of ether oxygens (including phenoxy) is 1. The van der Waals surface area contributed by atoms with Crippen molar-refractivity contribution in [3.63, 3.8) is 0 Å². The number of hydrogen-bond acceptors (Lipinski definition) is 5. The number of aryl methyl sites for hydroxylation is 1. The highest BCUT2D eigenvalue weighted by molar-refractivity contribution is 7.14. The van der Waals surface area contributed by atoms with Crippen LogP contribution in [0.5, 0.6) is 5.75 Å². The van der Waals surface area contributed by atoms with Crippen LogP contribution < -0.4 is 4.74 Å². The maximum absolute atomic E-state index is 13.2. The summed E-state index contributed by atoms with van der Waals surface area (Å²) < 4.78 is 7.25. The molecule has 7 heteroatoms. The first-order chi connectivity index (χ1) is 15.8. The summed E-state index contributed by atoms with van der Waals surface area (Å²) in [6.07, 6.45) is 0.897. The van der Waals surface area contributed by atoms with Crippen LogP contribution in [0.4, 0.5) is 0 Å². The number of carbonyl (C=O) groups is 1. The monoisotopic (exact) mass is 462 g/mol. The Balaban J connectivity index is 1.90.